The molecule has 0 aliphatic carbocycles. The Bertz CT molecular complexity index is 1450. The number of hydrogen-bond acceptors (Lipinski definition) is 7. The molecule has 1 aliphatic rings. The van der Waals surface area contributed by atoms with Crippen molar-refractivity contribution in [3.63, 3.8) is 0 Å². The van der Waals surface area contributed by atoms with Gasteiger partial charge in [-0.25, -0.2) is 0 Å². The Labute approximate surface area is 225 Å². The van der Waals surface area contributed by atoms with Crippen LogP contribution in [-0.2, 0) is 5.54 Å². The van der Waals surface area contributed by atoms with Crippen molar-refractivity contribution in [2.45, 2.75) is 19.4 Å². The first-order valence-electron chi connectivity index (χ1n) is 12.5. The van der Waals surface area contributed by atoms with Crippen LogP contribution in [0.2, 0.25) is 0 Å². The molecule has 0 radical (unpaired) electrons. The van der Waals surface area contributed by atoms with Crippen molar-refractivity contribution in [1.29, 1.82) is 0 Å². The number of nitrogens with zero attached hydrogens (tertiary/aromatic N) is 3. The largest absolute Gasteiger partial charge is 0.497 e. The number of rotatable bonds is 7. The van der Waals surface area contributed by atoms with Gasteiger partial charge in [-0.1, -0.05) is 12.1 Å². The molecule has 3 heterocycles. The Kier molecular flexibility index (Phi) is 7.09. The van der Waals surface area contributed by atoms with Gasteiger partial charge in [-0.05, 0) is 68.9 Å². The number of carbonyl (C=O) groups is 2. The molecule has 5 rings (SSSR count). The van der Waals surface area contributed by atoms with Gasteiger partial charge >= 0.3 is 0 Å². The number of ether oxygens (including phenoxy) is 1. The average molecular weight is 533 g/mol. The van der Waals surface area contributed by atoms with Crippen LogP contribution in [-0.4, -0.2) is 67.2 Å². The minimum atomic E-state index is -0.616. The third-order valence-electron chi connectivity index (χ3n) is 6.93. The molecule has 0 spiro atoms. The van der Waals surface area contributed by atoms with Gasteiger partial charge in [-0.3, -0.25) is 14.7 Å². The summed E-state index contributed by atoms with van der Waals surface area (Å²) in [5.74, 6) is 0.675. The highest BCUT2D eigenvalue weighted by atomic mass is 32.1. The first kappa shape index (κ1) is 25.7. The zero-order chi connectivity index (χ0) is 26.9. The van der Waals surface area contributed by atoms with Crippen LogP contribution in [0.1, 0.15) is 39.4 Å². The number of piperazine rings is 1. The van der Waals surface area contributed by atoms with Crippen molar-refractivity contribution in [2.75, 3.05) is 50.6 Å². The maximum absolute atomic E-state index is 13.1. The molecule has 4 aromatic rings. The second-order valence-corrected chi connectivity index (χ2v) is 11.1. The molecule has 198 valence electrons. The molecule has 2 aromatic heterocycles. The Morgan fingerprint density at radius 1 is 1.03 bits per heavy atom. The lowest BCUT2D eigenvalue weighted by Crippen LogP contribution is -2.44. The van der Waals surface area contributed by atoms with E-state index in [9.17, 15) is 9.59 Å². The van der Waals surface area contributed by atoms with Gasteiger partial charge in [0, 0.05) is 37.4 Å². The summed E-state index contributed by atoms with van der Waals surface area (Å²) in [6, 6.07) is 17.0. The zero-order valence-electron chi connectivity index (χ0n) is 22.0. The molecule has 1 fully saturated rings. The summed E-state index contributed by atoms with van der Waals surface area (Å²) in [6.45, 7) is 7.88. The second kappa shape index (κ2) is 10.5. The predicted molar refractivity (Wildman–Crippen MR) is 152 cm³/mol. The van der Waals surface area contributed by atoms with Gasteiger partial charge in [0.25, 0.3) is 11.8 Å². The molecule has 0 atom stereocenters. The number of methoxy groups -OCH3 is 1. The number of carbonyl (C=O) groups excluding carboxylic acids is 2. The van der Waals surface area contributed by atoms with Gasteiger partial charge in [-0.2, -0.15) is 5.10 Å². The van der Waals surface area contributed by atoms with Crippen molar-refractivity contribution >= 4 is 44.9 Å². The van der Waals surface area contributed by atoms with Crippen LogP contribution in [0.15, 0.2) is 54.6 Å². The van der Waals surface area contributed by atoms with Crippen LogP contribution in [0.25, 0.3) is 10.2 Å². The standard InChI is InChI=1S/C28H32N6O3S/c1-28(2,19-6-5-7-21(16-19)37-4)30-26(36)23-17-22-24(31-32-27(22)38-23)29-25(35)18-8-10-20(11-9-18)34-14-12-33(3)13-15-34/h5-11,16-17H,12-15H2,1-4H3,(H,30,36)(H2,29,31,32,35). The Morgan fingerprint density at radius 3 is 2.47 bits per heavy atom. The van der Waals surface area contributed by atoms with Crippen LogP contribution in [0.3, 0.4) is 0 Å². The van der Waals surface area contributed by atoms with Crippen LogP contribution in [0.4, 0.5) is 11.5 Å². The van der Waals surface area contributed by atoms with Crippen LogP contribution in [0.5, 0.6) is 5.75 Å². The Morgan fingerprint density at radius 2 is 1.76 bits per heavy atom. The molecule has 1 aliphatic heterocycles. The number of fused-ring (bicyclic) bond motifs is 1. The lowest BCUT2D eigenvalue weighted by Gasteiger charge is -2.34. The van der Waals surface area contributed by atoms with E-state index in [0.717, 1.165) is 48.0 Å². The molecule has 38 heavy (non-hydrogen) atoms. The number of aromatic amines is 1. The Balaban J connectivity index is 1.27. The number of H-pyrrole nitrogens is 1. The number of thiophene rings is 1. The first-order chi connectivity index (χ1) is 18.2. The van der Waals surface area contributed by atoms with Crippen LogP contribution >= 0.6 is 11.3 Å². The summed E-state index contributed by atoms with van der Waals surface area (Å²) in [4.78, 5) is 32.0. The number of hydrogen-bond donors (Lipinski definition) is 3. The highest BCUT2D eigenvalue weighted by molar-refractivity contribution is 7.20. The van der Waals surface area contributed by atoms with Crippen LogP contribution in [0, 0.1) is 0 Å². The monoisotopic (exact) mass is 532 g/mol. The fourth-order valence-electron chi connectivity index (χ4n) is 4.52. The summed E-state index contributed by atoms with van der Waals surface area (Å²) in [5.41, 5.74) is 1.98. The minimum Gasteiger partial charge on any atom is -0.497 e. The third-order valence-corrected chi connectivity index (χ3v) is 7.97. The van der Waals surface area contributed by atoms with Crippen molar-refractivity contribution in [3.8, 4) is 5.75 Å². The first-order valence-corrected chi connectivity index (χ1v) is 13.3. The molecule has 1 saturated heterocycles. The summed E-state index contributed by atoms with van der Waals surface area (Å²) in [7, 11) is 3.75. The van der Waals surface area contributed by atoms with E-state index in [-0.39, 0.29) is 11.8 Å². The van der Waals surface area contributed by atoms with Crippen LogP contribution < -0.4 is 20.3 Å². The summed E-state index contributed by atoms with van der Waals surface area (Å²) >= 11 is 1.30. The number of nitrogens with one attached hydrogen (secondary N) is 3. The fraction of sp³-hybridized carbons (Fsp3) is 0.321. The zero-order valence-corrected chi connectivity index (χ0v) is 22.8. The van der Waals surface area contributed by atoms with E-state index in [1.807, 2.05) is 62.4 Å². The molecule has 9 nitrogen and oxygen atoms in total. The van der Waals surface area contributed by atoms with Crippen molar-refractivity contribution in [1.82, 2.24) is 20.4 Å². The van der Waals surface area contributed by atoms with E-state index in [2.05, 4.69) is 37.7 Å². The molecule has 0 unspecified atom stereocenters. The second-order valence-electron chi connectivity index (χ2n) is 10.0. The SMILES string of the molecule is COc1cccc(C(C)(C)NC(=O)c2cc3c(NC(=O)c4ccc(N5CCN(C)CC5)cc4)n[nH]c3s2)c1. The van der Waals surface area contributed by atoms with Gasteiger partial charge in [0.1, 0.15) is 10.6 Å². The quantitative estimate of drug-likeness (QED) is 0.328. The smallest absolute Gasteiger partial charge is 0.262 e. The summed E-state index contributed by atoms with van der Waals surface area (Å²) in [5, 5.41) is 13.9. The van der Waals surface area contributed by atoms with Crippen molar-refractivity contribution < 1.29 is 14.3 Å². The number of benzene rings is 2. The van der Waals surface area contributed by atoms with Gasteiger partial charge < -0.3 is 25.2 Å². The van der Waals surface area contributed by atoms with E-state index in [1.54, 1.807) is 13.2 Å². The van der Waals surface area contributed by atoms with Gasteiger partial charge in [-0.15, -0.1) is 11.3 Å². The van der Waals surface area contributed by atoms with E-state index in [1.165, 1.54) is 11.3 Å². The number of aromatic nitrogens is 2. The van der Waals surface area contributed by atoms with E-state index in [4.69, 9.17) is 4.74 Å². The number of likely N-dealkylation sites (N-methyl/N-ethyl adjacent to an activating group) is 1. The number of amides is 2. The lowest BCUT2D eigenvalue weighted by molar-refractivity contribution is 0.0915. The van der Waals surface area contributed by atoms with Crippen molar-refractivity contribution in [3.05, 3.63) is 70.6 Å². The maximum Gasteiger partial charge on any atom is 0.262 e. The average Bonchev–Trinajstić information content (AvgIpc) is 3.51. The molecule has 0 bridgehead atoms. The predicted octanol–water partition coefficient (Wildman–Crippen LogP) is 4.30. The summed E-state index contributed by atoms with van der Waals surface area (Å²) < 4.78 is 5.32. The summed E-state index contributed by atoms with van der Waals surface area (Å²) in [6.07, 6.45) is 0. The van der Waals surface area contributed by atoms with E-state index < -0.39 is 5.54 Å². The Hall–Kier alpha value is -3.89. The highest BCUT2D eigenvalue weighted by Gasteiger charge is 2.26. The molecule has 10 heteroatoms. The number of anilines is 2. The highest BCUT2D eigenvalue weighted by Crippen LogP contribution is 2.31. The molecule has 2 amide bonds. The molecular formula is C28H32N6O3S. The van der Waals surface area contributed by atoms with E-state index >= 15 is 0 Å². The minimum absolute atomic E-state index is 0.204. The van der Waals surface area contributed by atoms with Gasteiger partial charge in [0.2, 0.25) is 0 Å². The van der Waals surface area contributed by atoms with Crippen molar-refractivity contribution in [2.24, 2.45) is 0 Å². The topological polar surface area (TPSA) is 103 Å². The normalized spacial score (nSPS) is 14.5. The third kappa shape index (κ3) is 5.36. The molecule has 2 aromatic carbocycles. The molecule has 0 saturated carbocycles. The maximum atomic E-state index is 13.1. The van der Waals surface area contributed by atoms with Gasteiger partial charge in [0.05, 0.1) is 22.9 Å². The fourth-order valence-corrected chi connectivity index (χ4v) is 5.42. The van der Waals surface area contributed by atoms with Gasteiger partial charge in [0.15, 0.2) is 5.82 Å². The molecular weight excluding hydrogens is 500 g/mol. The van der Waals surface area contributed by atoms with E-state index in [0.29, 0.717) is 21.6 Å². The lowest BCUT2D eigenvalue weighted by atomic mass is 9.94. The molecule has 3 N–H and O–H groups in total.